The number of amides is 3. The number of ether oxygens (including phenoxy) is 3. The van der Waals surface area contributed by atoms with Crippen LogP contribution in [0.25, 0.3) is 0 Å². The van der Waals surface area contributed by atoms with Gasteiger partial charge in [-0.15, -0.1) is 13.2 Å². The number of hydrogen-bond donors (Lipinski definition) is 2. The molecule has 4 aliphatic rings. The van der Waals surface area contributed by atoms with E-state index in [1.807, 2.05) is 30.3 Å². The molecule has 0 radical (unpaired) electrons. The van der Waals surface area contributed by atoms with Crippen LogP contribution in [-0.4, -0.2) is 127 Å². The Morgan fingerprint density at radius 3 is 2.62 bits per heavy atom. The van der Waals surface area contributed by atoms with Crippen LogP contribution in [-0.2, 0) is 33.4 Å². The summed E-state index contributed by atoms with van der Waals surface area (Å²) in [7, 11) is 0. The molecule has 47 heavy (non-hydrogen) atoms. The molecule has 0 aromatic heterocycles. The molecule has 5 rings (SSSR count). The van der Waals surface area contributed by atoms with E-state index in [1.54, 1.807) is 17.1 Å². The molecule has 256 valence electrons. The number of aliphatic hydroxyl groups excluding tert-OH is 1. The molecular formula is C35H48N4O8. The molecule has 12 nitrogen and oxygen atoms in total. The molecule has 0 aliphatic carbocycles. The van der Waals surface area contributed by atoms with Gasteiger partial charge in [-0.1, -0.05) is 42.5 Å². The Morgan fingerprint density at radius 2 is 1.91 bits per heavy atom. The maximum absolute atomic E-state index is 14.5. The molecule has 3 amide bonds. The summed E-state index contributed by atoms with van der Waals surface area (Å²) < 4.78 is 18.1. The summed E-state index contributed by atoms with van der Waals surface area (Å²) in [6.07, 6.45) is 4.02. The zero-order valence-electron chi connectivity index (χ0n) is 27.1. The average Bonchev–Trinajstić information content (AvgIpc) is 3.74. The highest BCUT2D eigenvalue weighted by atomic mass is 16.6. The summed E-state index contributed by atoms with van der Waals surface area (Å²) in [5.74, 6) is -3.16. The van der Waals surface area contributed by atoms with Crippen LogP contribution in [0.5, 0.6) is 0 Å². The van der Waals surface area contributed by atoms with Crippen LogP contribution in [0.3, 0.4) is 0 Å². The van der Waals surface area contributed by atoms with Crippen molar-refractivity contribution in [3.8, 4) is 0 Å². The Bertz CT molecular complexity index is 1290. The first-order valence-corrected chi connectivity index (χ1v) is 16.8. The smallest absolute Gasteiger partial charge is 0.313 e. The Kier molecular flexibility index (Phi) is 11.8. The molecule has 4 fully saturated rings. The van der Waals surface area contributed by atoms with Crippen molar-refractivity contribution in [3.05, 3.63) is 61.2 Å². The monoisotopic (exact) mass is 652 g/mol. The number of carbonyl (C=O) groups excluding carboxylic acids is 4. The van der Waals surface area contributed by atoms with Crippen molar-refractivity contribution in [2.24, 2.45) is 11.8 Å². The van der Waals surface area contributed by atoms with Gasteiger partial charge < -0.3 is 34.4 Å². The first-order chi connectivity index (χ1) is 22.8. The van der Waals surface area contributed by atoms with Gasteiger partial charge in [-0.3, -0.25) is 24.1 Å². The summed E-state index contributed by atoms with van der Waals surface area (Å²) in [6.45, 7) is 11.8. The Morgan fingerprint density at radius 1 is 1.15 bits per heavy atom. The van der Waals surface area contributed by atoms with E-state index in [0.29, 0.717) is 57.7 Å². The molecule has 4 heterocycles. The van der Waals surface area contributed by atoms with Crippen molar-refractivity contribution in [3.63, 3.8) is 0 Å². The molecule has 0 saturated carbocycles. The van der Waals surface area contributed by atoms with E-state index in [4.69, 9.17) is 14.2 Å². The van der Waals surface area contributed by atoms with Crippen LogP contribution >= 0.6 is 0 Å². The third-order valence-corrected chi connectivity index (χ3v) is 9.80. The first kappa shape index (κ1) is 34.7. The molecular weight excluding hydrogens is 604 g/mol. The molecule has 12 heteroatoms. The van der Waals surface area contributed by atoms with Gasteiger partial charge in [0.15, 0.2) is 0 Å². The molecule has 1 spiro atoms. The molecule has 1 aromatic carbocycles. The van der Waals surface area contributed by atoms with E-state index >= 15 is 0 Å². The van der Waals surface area contributed by atoms with Crippen molar-refractivity contribution < 1.29 is 38.5 Å². The molecule has 6 atom stereocenters. The van der Waals surface area contributed by atoms with Crippen molar-refractivity contribution in [2.45, 2.75) is 56.0 Å². The minimum absolute atomic E-state index is 0.0666. The lowest BCUT2D eigenvalue weighted by Crippen LogP contribution is -2.57. The topological polar surface area (TPSA) is 138 Å². The lowest BCUT2D eigenvalue weighted by atomic mass is 9.70. The zero-order valence-corrected chi connectivity index (χ0v) is 27.1. The standard InChI is InChI=1S/C35H48N4O8/c1-3-5-12-28(41)36-24-27(25-10-7-6-8-11-25)46-34(44)29-26-13-14-35(47-26)30(29)32(42)39(16-9-21-40)31(35)33(43)38(15-4-2)18-17-37-19-22-45-23-20-37/h3-4,6-8,10-11,26-27,29-31,40H,1-2,5,9,12-24H2,(H,36,41)/t26-,27+,29+,30+,31-,35+/m0/s1. The Labute approximate surface area is 276 Å². The van der Waals surface area contributed by atoms with E-state index in [2.05, 4.69) is 23.4 Å². The lowest BCUT2D eigenvalue weighted by Gasteiger charge is -2.37. The number of esters is 1. The second-order valence-electron chi connectivity index (χ2n) is 12.7. The van der Waals surface area contributed by atoms with Crippen molar-refractivity contribution in [1.82, 2.24) is 20.0 Å². The molecule has 4 saturated heterocycles. The predicted octanol–water partition coefficient (Wildman–Crippen LogP) is 1.46. The number of nitrogens with one attached hydrogen (secondary N) is 1. The maximum atomic E-state index is 14.5. The number of nitrogens with zero attached hydrogens (tertiary/aromatic N) is 3. The number of rotatable bonds is 17. The number of aliphatic hydroxyl groups is 1. The summed E-state index contributed by atoms with van der Waals surface area (Å²) in [4.78, 5) is 60.6. The zero-order chi connectivity index (χ0) is 33.4. The first-order valence-electron chi connectivity index (χ1n) is 16.8. The third kappa shape index (κ3) is 7.45. The number of fused-ring (bicyclic) bond motifs is 1. The van der Waals surface area contributed by atoms with Crippen molar-refractivity contribution in [2.75, 3.05) is 65.6 Å². The van der Waals surface area contributed by atoms with Crippen LogP contribution in [0.2, 0.25) is 0 Å². The Hall–Kier alpha value is -3.58. The fraction of sp³-hybridized carbons (Fsp3) is 0.600. The highest BCUT2D eigenvalue weighted by molar-refractivity contribution is 5.98. The second-order valence-corrected chi connectivity index (χ2v) is 12.7. The van der Waals surface area contributed by atoms with Gasteiger partial charge in [-0.05, 0) is 31.2 Å². The summed E-state index contributed by atoms with van der Waals surface area (Å²) in [6, 6.07) is 8.22. The fourth-order valence-electron chi connectivity index (χ4n) is 7.53. The minimum Gasteiger partial charge on any atom is -0.455 e. The quantitative estimate of drug-likeness (QED) is 0.189. The number of morpholine rings is 1. The van der Waals surface area contributed by atoms with Gasteiger partial charge in [0.05, 0.1) is 37.7 Å². The fourth-order valence-corrected chi connectivity index (χ4v) is 7.53. The van der Waals surface area contributed by atoms with Gasteiger partial charge in [0.2, 0.25) is 17.7 Å². The maximum Gasteiger partial charge on any atom is 0.313 e. The summed E-state index contributed by atoms with van der Waals surface area (Å²) in [5, 5.41) is 12.5. The van der Waals surface area contributed by atoms with Crippen LogP contribution < -0.4 is 5.32 Å². The van der Waals surface area contributed by atoms with E-state index in [1.165, 1.54) is 4.90 Å². The van der Waals surface area contributed by atoms with E-state index in [0.717, 1.165) is 13.1 Å². The third-order valence-electron chi connectivity index (χ3n) is 9.80. The summed E-state index contributed by atoms with van der Waals surface area (Å²) in [5.41, 5.74) is -0.475. The van der Waals surface area contributed by atoms with Gasteiger partial charge in [-0.25, -0.2) is 0 Å². The lowest BCUT2D eigenvalue weighted by molar-refractivity contribution is -0.160. The number of likely N-dealkylation sites (tertiary alicyclic amines) is 1. The molecule has 0 unspecified atom stereocenters. The van der Waals surface area contributed by atoms with Gasteiger partial charge in [0.1, 0.15) is 17.7 Å². The molecule has 4 aliphatic heterocycles. The van der Waals surface area contributed by atoms with E-state index in [-0.39, 0.29) is 50.3 Å². The van der Waals surface area contributed by atoms with Gasteiger partial charge in [0, 0.05) is 52.3 Å². The van der Waals surface area contributed by atoms with Crippen LogP contribution in [0.4, 0.5) is 0 Å². The van der Waals surface area contributed by atoms with E-state index in [9.17, 15) is 24.3 Å². The highest BCUT2D eigenvalue weighted by Gasteiger charge is 2.75. The van der Waals surface area contributed by atoms with Gasteiger partial charge in [-0.2, -0.15) is 0 Å². The minimum atomic E-state index is -1.18. The van der Waals surface area contributed by atoms with Crippen LogP contribution in [0, 0.1) is 11.8 Å². The SMILES string of the molecule is C=CCCC(=O)NC[C@@H](OC(=O)[C@@H]1[C@@H]2CC[C@]3(O2)[C@H](C(=O)N(CC=C)CCN2CCOCC2)N(CCCO)C(=O)[C@@H]13)c1ccccc1. The number of allylic oxidation sites excluding steroid dienone is 1. The molecule has 2 bridgehead atoms. The van der Waals surface area contributed by atoms with E-state index < -0.39 is 41.7 Å². The van der Waals surface area contributed by atoms with Gasteiger partial charge >= 0.3 is 5.97 Å². The second kappa shape index (κ2) is 16.0. The number of benzene rings is 1. The molecule has 1 aromatic rings. The van der Waals surface area contributed by atoms with Crippen molar-refractivity contribution >= 4 is 23.7 Å². The van der Waals surface area contributed by atoms with Crippen LogP contribution in [0.15, 0.2) is 55.6 Å². The highest BCUT2D eigenvalue weighted by Crippen LogP contribution is 2.59. The number of hydrogen-bond acceptors (Lipinski definition) is 9. The van der Waals surface area contributed by atoms with Gasteiger partial charge in [0.25, 0.3) is 0 Å². The number of carbonyl (C=O) groups is 4. The largest absolute Gasteiger partial charge is 0.455 e. The Balaban J connectivity index is 1.38. The normalized spacial score (nSPS) is 27.3. The van der Waals surface area contributed by atoms with Crippen LogP contribution in [0.1, 0.15) is 43.8 Å². The molecule has 2 N–H and O–H groups in total. The average molecular weight is 653 g/mol. The van der Waals surface area contributed by atoms with Crippen molar-refractivity contribution in [1.29, 1.82) is 0 Å². The summed E-state index contributed by atoms with van der Waals surface area (Å²) >= 11 is 0. The predicted molar refractivity (Wildman–Crippen MR) is 173 cm³/mol.